The summed E-state index contributed by atoms with van der Waals surface area (Å²) in [5.74, 6) is 0.685. The van der Waals surface area contributed by atoms with Crippen molar-refractivity contribution in [3.8, 4) is 0 Å². The molecule has 2 N–H and O–H groups in total. The Balaban J connectivity index is 0.00000484. The van der Waals surface area contributed by atoms with Crippen molar-refractivity contribution in [2.75, 3.05) is 20.1 Å². The minimum absolute atomic E-state index is 0. The number of rotatable bonds is 5. The molecule has 0 aliphatic carbocycles. The Labute approximate surface area is 160 Å². The van der Waals surface area contributed by atoms with Gasteiger partial charge in [0, 0.05) is 30.2 Å². The van der Waals surface area contributed by atoms with Gasteiger partial charge in [0.25, 0.3) is 0 Å². The molecular weight excluding hydrogens is 425 g/mol. The van der Waals surface area contributed by atoms with Gasteiger partial charge in [-0.15, -0.1) is 35.3 Å². The van der Waals surface area contributed by atoms with Crippen molar-refractivity contribution in [2.24, 2.45) is 4.99 Å². The predicted octanol–water partition coefficient (Wildman–Crippen LogP) is 2.38. The zero-order valence-corrected chi connectivity index (χ0v) is 17.9. The predicted molar refractivity (Wildman–Crippen MR) is 108 cm³/mol. The molecule has 0 bridgehead atoms. The highest BCUT2D eigenvalue weighted by Crippen LogP contribution is 2.12. The zero-order valence-electron chi connectivity index (χ0n) is 14.8. The average Bonchev–Trinajstić information content (AvgIpc) is 2.77. The molecule has 0 aliphatic heterocycles. The second-order valence-electron chi connectivity index (χ2n) is 6.19. The maximum atomic E-state index is 12.0. The number of halogens is 1. The summed E-state index contributed by atoms with van der Waals surface area (Å²) in [7, 11) is 1.86. The van der Waals surface area contributed by atoms with Crippen LogP contribution in [0.5, 0.6) is 0 Å². The number of likely N-dealkylation sites (N-methyl/N-ethyl adjacent to an activating group) is 1. The normalized spacial score (nSPS) is 11.7. The van der Waals surface area contributed by atoms with Crippen LogP contribution < -0.4 is 10.6 Å². The number of hydrogen-bond acceptors (Lipinski definition) is 4. The number of carbonyl (C=O) groups is 1. The molecule has 0 saturated heterocycles. The lowest BCUT2D eigenvalue weighted by Gasteiger charge is -2.25. The number of guanidine groups is 1. The van der Waals surface area contributed by atoms with Gasteiger partial charge in [-0.1, -0.05) is 0 Å². The molecule has 1 rings (SSSR count). The topological polar surface area (TPSA) is 69.6 Å². The van der Waals surface area contributed by atoms with E-state index in [0.29, 0.717) is 12.5 Å². The number of thiazole rings is 1. The van der Waals surface area contributed by atoms with E-state index in [-0.39, 0.29) is 42.0 Å². The molecule has 132 valence electrons. The summed E-state index contributed by atoms with van der Waals surface area (Å²) in [6.45, 7) is 11.5. The molecule has 8 heteroatoms. The van der Waals surface area contributed by atoms with Crippen LogP contribution in [0.1, 0.15) is 37.6 Å². The summed E-state index contributed by atoms with van der Waals surface area (Å²) in [6.07, 6.45) is 1.85. The largest absolute Gasteiger partial charge is 0.357 e. The molecule has 0 atom stereocenters. The van der Waals surface area contributed by atoms with Crippen molar-refractivity contribution in [1.29, 1.82) is 0 Å². The maximum Gasteiger partial charge on any atom is 0.240 e. The Hall–Kier alpha value is -0.900. The van der Waals surface area contributed by atoms with Crippen LogP contribution in [-0.2, 0) is 11.3 Å². The monoisotopic (exact) mass is 453 g/mol. The van der Waals surface area contributed by atoms with Gasteiger partial charge in [-0.3, -0.25) is 4.79 Å². The van der Waals surface area contributed by atoms with Crippen LogP contribution in [0, 0.1) is 6.92 Å². The van der Waals surface area contributed by atoms with Gasteiger partial charge in [-0.2, -0.15) is 0 Å². The van der Waals surface area contributed by atoms with Gasteiger partial charge in [0.1, 0.15) is 5.01 Å². The summed E-state index contributed by atoms with van der Waals surface area (Å²) in [5, 5.41) is 7.12. The molecule has 1 amide bonds. The van der Waals surface area contributed by atoms with Gasteiger partial charge in [-0.25, -0.2) is 9.98 Å². The molecule has 1 aromatic heterocycles. The van der Waals surface area contributed by atoms with Crippen molar-refractivity contribution in [3.63, 3.8) is 0 Å². The number of hydrogen-bond donors (Lipinski definition) is 2. The fourth-order valence-corrected chi connectivity index (χ4v) is 2.55. The number of carbonyl (C=O) groups excluding carboxylic acids is 1. The van der Waals surface area contributed by atoms with E-state index in [1.165, 1.54) is 4.88 Å². The lowest BCUT2D eigenvalue weighted by atomic mass is 10.1. The number of aryl methyl sites for hydroxylation is 1. The first kappa shape index (κ1) is 22.1. The van der Waals surface area contributed by atoms with E-state index in [9.17, 15) is 4.79 Å². The van der Waals surface area contributed by atoms with E-state index in [2.05, 4.69) is 20.6 Å². The van der Waals surface area contributed by atoms with E-state index in [4.69, 9.17) is 0 Å². The molecule has 0 unspecified atom stereocenters. The summed E-state index contributed by atoms with van der Waals surface area (Å²) < 4.78 is 0. The van der Waals surface area contributed by atoms with Gasteiger partial charge in [0.2, 0.25) is 5.91 Å². The lowest BCUT2D eigenvalue weighted by Crippen LogP contribution is -2.48. The molecule has 1 aromatic rings. The highest BCUT2D eigenvalue weighted by molar-refractivity contribution is 14.0. The van der Waals surface area contributed by atoms with Crippen molar-refractivity contribution in [2.45, 2.75) is 46.7 Å². The van der Waals surface area contributed by atoms with Crippen molar-refractivity contribution < 1.29 is 4.79 Å². The summed E-state index contributed by atoms with van der Waals surface area (Å²) in [4.78, 5) is 23.9. The standard InChI is InChI=1S/C15H27N5OS.HI/c1-7-16-14(18-9-13-17-8-11(2)22-13)20(6)10-12(21)19-15(3,4)5;/h8H,7,9-10H2,1-6H3,(H,16,18)(H,19,21);1H. The Bertz CT molecular complexity index is 524. The van der Waals surface area contributed by atoms with Gasteiger partial charge in [0.05, 0.1) is 13.1 Å². The molecular formula is C15H28IN5OS. The SMILES string of the molecule is CCNC(=NCc1ncc(C)s1)N(C)CC(=O)NC(C)(C)C.I. The van der Waals surface area contributed by atoms with Gasteiger partial charge >= 0.3 is 0 Å². The third-order valence-corrected chi connectivity index (χ3v) is 3.52. The van der Waals surface area contributed by atoms with E-state index >= 15 is 0 Å². The van der Waals surface area contributed by atoms with E-state index in [0.717, 1.165) is 11.6 Å². The first-order valence-electron chi connectivity index (χ1n) is 7.43. The summed E-state index contributed by atoms with van der Waals surface area (Å²) in [5.41, 5.74) is -0.230. The molecule has 6 nitrogen and oxygen atoms in total. The minimum Gasteiger partial charge on any atom is -0.357 e. The van der Waals surface area contributed by atoms with Crippen LogP contribution in [0.15, 0.2) is 11.2 Å². The fourth-order valence-electron chi connectivity index (χ4n) is 1.83. The Morgan fingerprint density at radius 1 is 1.43 bits per heavy atom. The zero-order chi connectivity index (χ0) is 16.8. The number of nitrogens with zero attached hydrogens (tertiary/aromatic N) is 3. The quantitative estimate of drug-likeness (QED) is 0.408. The van der Waals surface area contributed by atoms with Crippen molar-refractivity contribution >= 4 is 47.2 Å². The molecule has 0 aliphatic rings. The fraction of sp³-hybridized carbons (Fsp3) is 0.667. The number of aromatic nitrogens is 1. The molecule has 0 radical (unpaired) electrons. The molecule has 0 aromatic carbocycles. The average molecular weight is 453 g/mol. The Morgan fingerprint density at radius 3 is 2.57 bits per heavy atom. The van der Waals surface area contributed by atoms with Crippen LogP contribution in [0.3, 0.4) is 0 Å². The van der Waals surface area contributed by atoms with Crippen LogP contribution >= 0.6 is 35.3 Å². The summed E-state index contributed by atoms with van der Waals surface area (Å²) >= 11 is 1.64. The van der Waals surface area contributed by atoms with Gasteiger partial charge in [-0.05, 0) is 34.6 Å². The highest BCUT2D eigenvalue weighted by atomic mass is 127. The molecule has 23 heavy (non-hydrogen) atoms. The third kappa shape index (κ3) is 9.09. The van der Waals surface area contributed by atoms with Crippen LogP contribution in [0.25, 0.3) is 0 Å². The molecule has 0 spiro atoms. The van der Waals surface area contributed by atoms with Gasteiger partial charge < -0.3 is 15.5 Å². The van der Waals surface area contributed by atoms with Crippen LogP contribution in [0.2, 0.25) is 0 Å². The van der Waals surface area contributed by atoms with Crippen molar-refractivity contribution in [3.05, 3.63) is 16.1 Å². The Morgan fingerprint density at radius 2 is 2.09 bits per heavy atom. The number of aliphatic imine (C=N–C) groups is 1. The molecule has 0 saturated carbocycles. The van der Waals surface area contributed by atoms with E-state index in [1.807, 2.05) is 52.8 Å². The smallest absolute Gasteiger partial charge is 0.240 e. The lowest BCUT2D eigenvalue weighted by molar-refractivity contribution is -0.122. The van der Waals surface area contributed by atoms with Crippen LogP contribution in [0.4, 0.5) is 0 Å². The molecule has 1 heterocycles. The second-order valence-corrected chi connectivity index (χ2v) is 7.51. The Kier molecular flexibility index (Phi) is 9.67. The summed E-state index contributed by atoms with van der Waals surface area (Å²) in [6, 6.07) is 0. The van der Waals surface area contributed by atoms with Gasteiger partial charge in [0.15, 0.2) is 5.96 Å². The third-order valence-electron chi connectivity index (χ3n) is 2.62. The number of nitrogens with one attached hydrogen (secondary N) is 2. The van der Waals surface area contributed by atoms with Crippen LogP contribution in [-0.4, -0.2) is 47.4 Å². The highest BCUT2D eigenvalue weighted by Gasteiger charge is 2.16. The minimum atomic E-state index is -0.230. The molecule has 0 fully saturated rings. The van der Waals surface area contributed by atoms with E-state index < -0.39 is 0 Å². The second kappa shape index (κ2) is 10.1. The van der Waals surface area contributed by atoms with E-state index in [1.54, 1.807) is 11.3 Å². The first-order chi connectivity index (χ1) is 10.2. The van der Waals surface area contributed by atoms with Crippen molar-refractivity contribution in [1.82, 2.24) is 20.5 Å². The number of amides is 1. The maximum absolute atomic E-state index is 12.0. The first-order valence-corrected chi connectivity index (χ1v) is 8.24.